The smallest absolute Gasteiger partial charge is 0.265 e. The van der Waals surface area contributed by atoms with E-state index in [0.717, 1.165) is 10.3 Å². The van der Waals surface area contributed by atoms with Crippen LogP contribution >= 0.6 is 22.9 Å². The van der Waals surface area contributed by atoms with Crippen LogP contribution in [0.15, 0.2) is 42.5 Å². The molecule has 0 aliphatic heterocycles. The van der Waals surface area contributed by atoms with Crippen molar-refractivity contribution in [2.75, 3.05) is 7.11 Å². The van der Waals surface area contributed by atoms with Crippen molar-refractivity contribution >= 4 is 38.9 Å². The number of carbonyl (C=O) groups is 1. The van der Waals surface area contributed by atoms with Gasteiger partial charge in [-0.1, -0.05) is 29.8 Å². The Labute approximate surface area is 141 Å². The molecule has 0 saturated carbocycles. The van der Waals surface area contributed by atoms with Crippen LogP contribution in [0.5, 0.6) is 5.75 Å². The Morgan fingerprint density at radius 3 is 2.83 bits per heavy atom. The molecule has 0 saturated heterocycles. The van der Waals surface area contributed by atoms with Gasteiger partial charge in [-0.15, -0.1) is 11.3 Å². The minimum Gasteiger partial charge on any atom is -0.494 e. The topological polar surface area (TPSA) is 38.3 Å². The predicted molar refractivity (Wildman–Crippen MR) is 91.0 cm³/mol. The molecule has 1 heterocycles. The monoisotopic (exact) mass is 349 g/mol. The van der Waals surface area contributed by atoms with Crippen molar-refractivity contribution in [2.24, 2.45) is 0 Å². The van der Waals surface area contributed by atoms with Gasteiger partial charge in [-0.25, -0.2) is 4.39 Å². The molecule has 3 aromatic rings. The largest absolute Gasteiger partial charge is 0.494 e. The number of halogens is 2. The van der Waals surface area contributed by atoms with Crippen molar-refractivity contribution in [3.8, 4) is 5.75 Å². The maximum atomic E-state index is 13.4. The zero-order chi connectivity index (χ0) is 16.4. The van der Waals surface area contributed by atoms with Crippen LogP contribution in [0.3, 0.4) is 0 Å². The number of amides is 1. The van der Waals surface area contributed by atoms with Crippen LogP contribution in [0.2, 0.25) is 5.02 Å². The summed E-state index contributed by atoms with van der Waals surface area (Å²) in [5.74, 6) is -0.249. The molecule has 3 nitrogen and oxygen atoms in total. The summed E-state index contributed by atoms with van der Waals surface area (Å²) >= 11 is 7.35. The summed E-state index contributed by atoms with van der Waals surface area (Å²) in [5.41, 5.74) is 0.827. The fourth-order valence-electron chi connectivity index (χ4n) is 2.30. The van der Waals surface area contributed by atoms with E-state index < -0.39 is 0 Å². The lowest BCUT2D eigenvalue weighted by molar-refractivity contribution is 0.0952. The van der Waals surface area contributed by atoms with Gasteiger partial charge in [0, 0.05) is 21.7 Å². The molecule has 23 heavy (non-hydrogen) atoms. The SMILES string of the molecule is COc1c(C(=O)NCc2ccccc2Cl)sc2ccc(F)cc12. The first-order valence-electron chi connectivity index (χ1n) is 6.88. The Bertz CT molecular complexity index is 878. The third-order valence-electron chi connectivity index (χ3n) is 3.41. The van der Waals surface area contributed by atoms with Gasteiger partial charge in [0.25, 0.3) is 5.91 Å². The summed E-state index contributed by atoms with van der Waals surface area (Å²) < 4.78 is 19.5. The highest BCUT2D eigenvalue weighted by molar-refractivity contribution is 7.21. The Hall–Kier alpha value is -2.11. The van der Waals surface area contributed by atoms with Crippen molar-refractivity contribution in [3.05, 3.63) is 63.7 Å². The van der Waals surface area contributed by atoms with Crippen LogP contribution in [-0.2, 0) is 6.54 Å². The number of benzene rings is 2. The normalized spacial score (nSPS) is 10.7. The molecule has 0 unspecified atom stereocenters. The van der Waals surface area contributed by atoms with Gasteiger partial charge in [-0.05, 0) is 29.8 Å². The maximum absolute atomic E-state index is 13.4. The number of thiophene rings is 1. The van der Waals surface area contributed by atoms with Crippen molar-refractivity contribution in [3.63, 3.8) is 0 Å². The maximum Gasteiger partial charge on any atom is 0.265 e. The van der Waals surface area contributed by atoms with E-state index in [9.17, 15) is 9.18 Å². The van der Waals surface area contributed by atoms with Crippen LogP contribution in [0, 0.1) is 5.82 Å². The van der Waals surface area contributed by atoms with E-state index in [2.05, 4.69) is 5.32 Å². The minimum atomic E-state index is -0.364. The van der Waals surface area contributed by atoms with Gasteiger partial charge >= 0.3 is 0 Å². The molecule has 1 N–H and O–H groups in total. The third-order valence-corrected chi connectivity index (χ3v) is 4.93. The van der Waals surface area contributed by atoms with Gasteiger partial charge < -0.3 is 10.1 Å². The van der Waals surface area contributed by atoms with Crippen LogP contribution in [0.25, 0.3) is 10.1 Å². The number of fused-ring (bicyclic) bond motifs is 1. The highest BCUT2D eigenvalue weighted by Crippen LogP contribution is 2.38. The number of rotatable bonds is 4. The van der Waals surface area contributed by atoms with Gasteiger partial charge in [-0.3, -0.25) is 4.79 Å². The second kappa shape index (κ2) is 6.56. The summed E-state index contributed by atoms with van der Waals surface area (Å²) in [6, 6.07) is 11.7. The van der Waals surface area contributed by atoms with Crippen LogP contribution < -0.4 is 10.1 Å². The minimum absolute atomic E-state index is 0.275. The van der Waals surface area contributed by atoms with Crippen molar-refractivity contribution < 1.29 is 13.9 Å². The Morgan fingerprint density at radius 1 is 1.30 bits per heavy atom. The molecule has 1 aromatic heterocycles. The van der Waals surface area contributed by atoms with E-state index in [0.29, 0.717) is 27.6 Å². The summed E-state index contributed by atoms with van der Waals surface area (Å²) in [4.78, 5) is 12.9. The standard InChI is InChI=1S/C17H13ClFNO2S/c1-22-15-12-8-11(19)6-7-14(12)23-16(15)17(21)20-9-10-4-2-3-5-13(10)18/h2-8H,9H2,1H3,(H,20,21). The lowest BCUT2D eigenvalue weighted by Crippen LogP contribution is -2.22. The molecule has 0 aliphatic carbocycles. The molecule has 3 rings (SSSR count). The summed E-state index contributed by atoms with van der Waals surface area (Å²) in [6.45, 7) is 0.310. The molecular weight excluding hydrogens is 337 g/mol. The number of ether oxygens (including phenoxy) is 1. The van der Waals surface area contributed by atoms with Crippen LogP contribution in [0.4, 0.5) is 4.39 Å². The van der Waals surface area contributed by atoms with Gasteiger partial charge in [0.1, 0.15) is 16.4 Å². The zero-order valence-electron chi connectivity index (χ0n) is 12.2. The Kier molecular flexibility index (Phi) is 4.50. The van der Waals surface area contributed by atoms with E-state index in [1.807, 2.05) is 18.2 Å². The first-order chi connectivity index (χ1) is 11.1. The number of carbonyl (C=O) groups excluding carboxylic acids is 1. The van der Waals surface area contributed by atoms with Gasteiger partial charge in [-0.2, -0.15) is 0 Å². The van der Waals surface area contributed by atoms with Crippen molar-refractivity contribution in [1.29, 1.82) is 0 Å². The zero-order valence-corrected chi connectivity index (χ0v) is 13.8. The number of hydrogen-bond acceptors (Lipinski definition) is 3. The van der Waals surface area contributed by atoms with E-state index in [-0.39, 0.29) is 11.7 Å². The summed E-state index contributed by atoms with van der Waals surface area (Å²) in [5, 5.41) is 4.01. The van der Waals surface area contributed by atoms with Crippen molar-refractivity contribution in [2.45, 2.75) is 6.54 Å². The number of nitrogens with one attached hydrogen (secondary N) is 1. The Morgan fingerprint density at radius 2 is 2.09 bits per heavy atom. The van der Waals surface area contributed by atoms with E-state index in [1.54, 1.807) is 12.1 Å². The molecule has 118 valence electrons. The first kappa shape index (κ1) is 15.8. The molecule has 0 atom stereocenters. The lowest BCUT2D eigenvalue weighted by Gasteiger charge is -2.07. The van der Waals surface area contributed by atoms with E-state index in [4.69, 9.17) is 16.3 Å². The third kappa shape index (κ3) is 3.16. The molecular formula is C17H13ClFNO2S. The molecule has 0 spiro atoms. The second-order valence-electron chi connectivity index (χ2n) is 4.88. The summed E-state index contributed by atoms with van der Waals surface area (Å²) in [6.07, 6.45) is 0. The molecule has 0 fully saturated rings. The molecule has 0 bridgehead atoms. The van der Waals surface area contributed by atoms with E-state index in [1.165, 1.54) is 30.6 Å². The van der Waals surface area contributed by atoms with E-state index >= 15 is 0 Å². The highest BCUT2D eigenvalue weighted by atomic mass is 35.5. The van der Waals surface area contributed by atoms with Gasteiger partial charge in [0.15, 0.2) is 0 Å². The van der Waals surface area contributed by atoms with Gasteiger partial charge in [0.05, 0.1) is 7.11 Å². The fourth-order valence-corrected chi connectivity index (χ4v) is 3.57. The number of methoxy groups -OCH3 is 1. The second-order valence-corrected chi connectivity index (χ2v) is 6.34. The van der Waals surface area contributed by atoms with Crippen molar-refractivity contribution in [1.82, 2.24) is 5.32 Å². The summed E-state index contributed by atoms with van der Waals surface area (Å²) in [7, 11) is 1.47. The fraction of sp³-hybridized carbons (Fsp3) is 0.118. The molecule has 1 amide bonds. The van der Waals surface area contributed by atoms with Crippen LogP contribution in [-0.4, -0.2) is 13.0 Å². The van der Waals surface area contributed by atoms with Crippen LogP contribution in [0.1, 0.15) is 15.2 Å². The molecule has 2 aromatic carbocycles. The van der Waals surface area contributed by atoms with Gasteiger partial charge in [0.2, 0.25) is 0 Å². The predicted octanol–water partition coefficient (Wildman–Crippen LogP) is 4.63. The lowest BCUT2D eigenvalue weighted by atomic mass is 10.2. The highest BCUT2D eigenvalue weighted by Gasteiger charge is 2.19. The first-order valence-corrected chi connectivity index (χ1v) is 8.07. The number of hydrogen-bond donors (Lipinski definition) is 1. The Balaban J connectivity index is 1.87. The molecule has 0 aliphatic rings. The molecule has 6 heteroatoms. The quantitative estimate of drug-likeness (QED) is 0.745. The average Bonchev–Trinajstić information content (AvgIpc) is 2.91. The average molecular weight is 350 g/mol. The molecule has 0 radical (unpaired) electrons.